The van der Waals surface area contributed by atoms with Crippen LogP contribution in [0.1, 0.15) is 31.9 Å². The van der Waals surface area contributed by atoms with Crippen molar-refractivity contribution in [2.24, 2.45) is 0 Å². The number of nitrogens with one attached hydrogen (secondary N) is 1. The van der Waals surface area contributed by atoms with Gasteiger partial charge in [0.2, 0.25) is 0 Å². The van der Waals surface area contributed by atoms with Crippen LogP contribution in [0, 0.1) is 0 Å². The van der Waals surface area contributed by atoms with E-state index in [9.17, 15) is 9.90 Å². The monoisotopic (exact) mass is 271 g/mol. The summed E-state index contributed by atoms with van der Waals surface area (Å²) < 4.78 is 5.38. The van der Waals surface area contributed by atoms with Crippen molar-refractivity contribution in [1.29, 1.82) is 0 Å². The molecule has 0 aliphatic heterocycles. The van der Waals surface area contributed by atoms with Crippen LogP contribution in [-0.2, 0) is 4.79 Å². The van der Waals surface area contributed by atoms with Crippen LogP contribution in [0.5, 0.6) is 5.75 Å². The predicted molar refractivity (Wildman–Crippen MR) is 70.9 cm³/mol. The zero-order valence-electron chi connectivity index (χ0n) is 10.6. The number of amides is 1. The Hall–Kier alpha value is -1.26. The molecule has 0 fully saturated rings. The van der Waals surface area contributed by atoms with Gasteiger partial charge in [0.25, 0.3) is 5.91 Å². The molecule has 0 heterocycles. The number of hydrogen-bond acceptors (Lipinski definition) is 3. The van der Waals surface area contributed by atoms with Gasteiger partial charge in [0, 0.05) is 17.1 Å². The maximum Gasteiger partial charge on any atom is 0.257 e. The lowest BCUT2D eigenvalue weighted by atomic mass is 10.1. The third-order valence-corrected chi connectivity index (χ3v) is 2.59. The molecule has 1 rings (SSSR count). The standard InChI is InChI=1S/C13H18ClNO3/c1-3-6-15-13(17)8-18-12-5-4-10(14)7-11(12)9(2)16/h4-5,7,9,16H,3,6,8H2,1-2H3,(H,15,17)/t9-/m1/s1. The molecule has 1 atom stereocenters. The average Bonchev–Trinajstić information content (AvgIpc) is 2.34. The largest absolute Gasteiger partial charge is 0.483 e. The van der Waals surface area contributed by atoms with Gasteiger partial charge in [-0.05, 0) is 31.5 Å². The first kappa shape index (κ1) is 14.8. The molecule has 0 aliphatic carbocycles. The number of benzene rings is 1. The number of carbonyl (C=O) groups is 1. The molecule has 1 aromatic rings. The van der Waals surface area contributed by atoms with Crippen LogP contribution in [0.3, 0.4) is 0 Å². The van der Waals surface area contributed by atoms with Gasteiger partial charge in [0.1, 0.15) is 5.75 Å². The van der Waals surface area contributed by atoms with E-state index in [1.807, 2.05) is 6.92 Å². The highest BCUT2D eigenvalue weighted by atomic mass is 35.5. The molecule has 5 heteroatoms. The van der Waals surface area contributed by atoms with Crippen molar-refractivity contribution in [3.63, 3.8) is 0 Å². The summed E-state index contributed by atoms with van der Waals surface area (Å²) in [5, 5.41) is 12.8. The van der Waals surface area contributed by atoms with Crippen molar-refractivity contribution in [1.82, 2.24) is 5.32 Å². The van der Waals surface area contributed by atoms with E-state index in [2.05, 4.69) is 5.32 Å². The van der Waals surface area contributed by atoms with E-state index in [4.69, 9.17) is 16.3 Å². The Morgan fingerprint density at radius 2 is 2.28 bits per heavy atom. The van der Waals surface area contributed by atoms with Gasteiger partial charge in [-0.1, -0.05) is 18.5 Å². The molecule has 0 spiro atoms. The minimum Gasteiger partial charge on any atom is -0.483 e. The Morgan fingerprint density at radius 1 is 1.56 bits per heavy atom. The van der Waals surface area contributed by atoms with Crippen LogP contribution in [0.15, 0.2) is 18.2 Å². The van der Waals surface area contributed by atoms with Crippen molar-refractivity contribution in [2.75, 3.05) is 13.2 Å². The lowest BCUT2D eigenvalue weighted by molar-refractivity contribution is -0.123. The number of hydrogen-bond donors (Lipinski definition) is 2. The molecular formula is C13H18ClNO3. The highest BCUT2D eigenvalue weighted by molar-refractivity contribution is 6.30. The van der Waals surface area contributed by atoms with Gasteiger partial charge >= 0.3 is 0 Å². The molecule has 100 valence electrons. The quantitative estimate of drug-likeness (QED) is 0.835. The summed E-state index contributed by atoms with van der Waals surface area (Å²) in [6, 6.07) is 4.94. The number of halogens is 1. The summed E-state index contributed by atoms with van der Waals surface area (Å²) >= 11 is 5.85. The van der Waals surface area contributed by atoms with Crippen LogP contribution in [0.4, 0.5) is 0 Å². The number of aliphatic hydroxyl groups is 1. The molecular weight excluding hydrogens is 254 g/mol. The summed E-state index contributed by atoms with van der Waals surface area (Å²) in [7, 11) is 0. The summed E-state index contributed by atoms with van der Waals surface area (Å²) in [4.78, 5) is 11.4. The molecule has 0 radical (unpaired) electrons. The van der Waals surface area contributed by atoms with Crippen LogP contribution in [0.25, 0.3) is 0 Å². The smallest absolute Gasteiger partial charge is 0.257 e. The summed E-state index contributed by atoms with van der Waals surface area (Å²) in [5.74, 6) is 0.296. The highest BCUT2D eigenvalue weighted by Gasteiger charge is 2.11. The first-order valence-electron chi connectivity index (χ1n) is 5.91. The van der Waals surface area contributed by atoms with Crippen molar-refractivity contribution in [3.8, 4) is 5.75 Å². The zero-order valence-corrected chi connectivity index (χ0v) is 11.3. The lowest BCUT2D eigenvalue weighted by Gasteiger charge is -2.13. The van der Waals surface area contributed by atoms with E-state index in [1.54, 1.807) is 25.1 Å². The molecule has 0 saturated heterocycles. The second kappa shape index (κ2) is 7.24. The number of carbonyl (C=O) groups excluding carboxylic acids is 1. The molecule has 18 heavy (non-hydrogen) atoms. The van der Waals surface area contributed by atoms with Crippen molar-refractivity contribution in [3.05, 3.63) is 28.8 Å². The summed E-state index contributed by atoms with van der Waals surface area (Å²) in [6.07, 6.45) is 0.184. The lowest BCUT2D eigenvalue weighted by Crippen LogP contribution is -2.29. The van der Waals surface area contributed by atoms with Crippen molar-refractivity contribution in [2.45, 2.75) is 26.4 Å². The van der Waals surface area contributed by atoms with Gasteiger partial charge in [0.05, 0.1) is 6.10 Å². The van der Waals surface area contributed by atoms with Gasteiger partial charge in [-0.3, -0.25) is 4.79 Å². The topological polar surface area (TPSA) is 58.6 Å². The van der Waals surface area contributed by atoms with E-state index >= 15 is 0 Å². The minimum atomic E-state index is -0.697. The van der Waals surface area contributed by atoms with E-state index in [-0.39, 0.29) is 12.5 Å². The Labute approximate surface area is 112 Å². The second-order valence-corrected chi connectivity index (χ2v) is 4.43. The van der Waals surface area contributed by atoms with Crippen molar-refractivity contribution < 1.29 is 14.6 Å². The fraction of sp³-hybridized carbons (Fsp3) is 0.462. The molecule has 0 unspecified atom stereocenters. The van der Waals surface area contributed by atoms with Crippen LogP contribution in [0.2, 0.25) is 5.02 Å². The first-order chi connectivity index (χ1) is 8.54. The molecule has 0 saturated carbocycles. The fourth-order valence-electron chi connectivity index (χ4n) is 1.44. The molecule has 1 aromatic carbocycles. The van der Waals surface area contributed by atoms with E-state index in [0.717, 1.165) is 6.42 Å². The Bertz CT molecular complexity index is 407. The zero-order chi connectivity index (χ0) is 13.5. The van der Waals surface area contributed by atoms with E-state index < -0.39 is 6.10 Å². The second-order valence-electron chi connectivity index (χ2n) is 4.00. The van der Waals surface area contributed by atoms with Crippen LogP contribution < -0.4 is 10.1 Å². The number of ether oxygens (including phenoxy) is 1. The van der Waals surface area contributed by atoms with E-state index in [1.165, 1.54) is 0 Å². The Balaban J connectivity index is 2.64. The third kappa shape index (κ3) is 4.55. The van der Waals surface area contributed by atoms with Gasteiger partial charge in [-0.15, -0.1) is 0 Å². The molecule has 1 amide bonds. The maximum atomic E-state index is 11.4. The van der Waals surface area contributed by atoms with Gasteiger partial charge in [-0.2, -0.15) is 0 Å². The molecule has 4 nitrogen and oxygen atoms in total. The maximum absolute atomic E-state index is 11.4. The van der Waals surface area contributed by atoms with E-state index in [0.29, 0.717) is 22.9 Å². The van der Waals surface area contributed by atoms with Crippen LogP contribution in [-0.4, -0.2) is 24.2 Å². The highest BCUT2D eigenvalue weighted by Crippen LogP contribution is 2.28. The van der Waals surface area contributed by atoms with Gasteiger partial charge < -0.3 is 15.2 Å². The number of rotatable bonds is 6. The summed E-state index contributed by atoms with van der Waals surface area (Å²) in [5.41, 5.74) is 0.575. The number of aliphatic hydroxyl groups excluding tert-OH is 1. The minimum absolute atomic E-state index is 0.0681. The Morgan fingerprint density at radius 3 is 2.89 bits per heavy atom. The molecule has 2 N–H and O–H groups in total. The normalized spacial score (nSPS) is 12.0. The molecule has 0 aromatic heterocycles. The van der Waals surface area contributed by atoms with Gasteiger partial charge in [0.15, 0.2) is 6.61 Å². The molecule has 0 bridgehead atoms. The summed E-state index contributed by atoms with van der Waals surface area (Å²) in [6.45, 7) is 4.16. The molecule has 0 aliphatic rings. The third-order valence-electron chi connectivity index (χ3n) is 2.35. The van der Waals surface area contributed by atoms with Gasteiger partial charge in [-0.25, -0.2) is 0 Å². The average molecular weight is 272 g/mol. The Kier molecular flexibility index (Phi) is 5.95. The van der Waals surface area contributed by atoms with Crippen LogP contribution >= 0.6 is 11.6 Å². The predicted octanol–water partition coefficient (Wildman–Crippen LogP) is 2.30. The fourth-order valence-corrected chi connectivity index (χ4v) is 1.62. The first-order valence-corrected chi connectivity index (χ1v) is 6.29. The SMILES string of the molecule is CCCNC(=O)COc1ccc(Cl)cc1[C@@H](C)O. The van der Waals surface area contributed by atoms with Crippen molar-refractivity contribution >= 4 is 17.5 Å².